The maximum atomic E-state index is 11.5. The van der Waals surface area contributed by atoms with Gasteiger partial charge in [-0.3, -0.25) is 0 Å². The number of carbonyl (C=O) groups is 1. The van der Waals surface area contributed by atoms with Gasteiger partial charge in [0.05, 0.1) is 5.57 Å². The van der Waals surface area contributed by atoms with Crippen LogP contribution in [0.2, 0.25) is 0 Å². The second-order valence-corrected chi connectivity index (χ2v) is 6.87. The summed E-state index contributed by atoms with van der Waals surface area (Å²) < 4.78 is 11.4. The summed E-state index contributed by atoms with van der Waals surface area (Å²) in [6, 6.07) is 18.9. The topological polar surface area (TPSA) is 55.8 Å². The van der Waals surface area contributed by atoms with Crippen LogP contribution in [-0.4, -0.2) is 24.3 Å². The van der Waals surface area contributed by atoms with Crippen molar-refractivity contribution in [2.75, 3.05) is 13.2 Å². The van der Waals surface area contributed by atoms with Gasteiger partial charge < -0.3 is 14.6 Å². The molecule has 0 spiro atoms. The highest BCUT2D eigenvalue weighted by molar-refractivity contribution is 7.11. The summed E-state index contributed by atoms with van der Waals surface area (Å²) in [4.78, 5) is 12.3. The van der Waals surface area contributed by atoms with Crippen molar-refractivity contribution in [3.63, 3.8) is 0 Å². The van der Waals surface area contributed by atoms with Gasteiger partial charge in [0.1, 0.15) is 24.7 Å². The summed E-state index contributed by atoms with van der Waals surface area (Å²) in [6.45, 7) is 2.85. The molecular weight excluding hydrogens is 360 g/mol. The monoisotopic (exact) mass is 380 g/mol. The van der Waals surface area contributed by atoms with Crippen LogP contribution in [0.15, 0.2) is 66.0 Å². The predicted octanol–water partition coefficient (Wildman–Crippen LogP) is 5.14. The van der Waals surface area contributed by atoms with Crippen molar-refractivity contribution in [2.24, 2.45) is 0 Å². The lowest BCUT2D eigenvalue weighted by Gasteiger charge is -2.09. The van der Waals surface area contributed by atoms with Gasteiger partial charge >= 0.3 is 5.97 Å². The van der Waals surface area contributed by atoms with Crippen LogP contribution < -0.4 is 9.47 Å². The van der Waals surface area contributed by atoms with E-state index in [1.54, 1.807) is 12.1 Å². The number of hydrogen-bond donors (Lipinski definition) is 1. The first-order valence-electron chi connectivity index (χ1n) is 8.53. The Morgan fingerprint density at radius 3 is 2.33 bits per heavy atom. The Hall–Kier alpha value is -3.05. The summed E-state index contributed by atoms with van der Waals surface area (Å²) in [5.74, 6) is 0.542. The third-order valence-electron chi connectivity index (χ3n) is 3.80. The number of carboxylic acids is 1. The molecule has 2 aromatic carbocycles. The lowest BCUT2D eigenvalue weighted by molar-refractivity contribution is -0.130. The van der Waals surface area contributed by atoms with Crippen molar-refractivity contribution in [1.82, 2.24) is 0 Å². The maximum absolute atomic E-state index is 11.5. The average Bonchev–Trinajstić information content (AvgIpc) is 3.18. The fourth-order valence-corrected chi connectivity index (χ4v) is 3.29. The molecule has 0 aliphatic rings. The van der Waals surface area contributed by atoms with Gasteiger partial charge in [0, 0.05) is 4.88 Å². The van der Waals surface area contributed by atoms with Crippen molar-refractivity contribution >= 4 is 29.0 Å². The van der Waals surface area contributed by atoms with E-state index in [0.29, 0.717) is 19.0 Å². The molecule has 3 aromatic rings. The summed E-state index contributed by atoms with van der Waals surface area (Å²) in [7, 11) is 0. The van der Waals surface area contributed by atoms with E-state index in [1.165, 1.54) is 11.3 Å². The first-order valence-corrected chi connectivity index (χ1v) is 9.41. The molecule has 5 heteroatoms. The molecule has 4 nitrogen and oxygen atoms in total. The van der Waals surface area contributed by atoms with Gasteiger partial charge in [0.2, 0.25) is 0 Å². The Morgan fingerprint density at radius 2 is 1.70 bits per heavy atom. The van der Waals surface area contributed by atoms with Crippen LogP contribution in [0.25, 0.3) is 11.6 Å². The number of thiophene rings is 1. The van der Waals surface area contributed by atoms with Crippen LogP contribution in [0, 0.1) is 6.92 Å². The second-order valence-electron chi connectivity index (χ2n) is 5.93. The van der Waals surface area contributed by atoms with Crippen LogP contribution in [0.5, 0.6) is 11.5 Å². The zero-order valence-electron chi connectivity index (χ0n) is 14.9. The van der Waals surface area contributed by atoms with E-state index in [0.717, 1.165) is 21.8 Å². The Labute approximate surface area is 162 Å². The lowest BCUT2D eigenvalue weighted by Crippen LogP contribution is -2.09. The summed E-state index contributed by atoms with van der Waals surface area (Å²) in [6.07, 6.45) is 1.66. The summed E-state index contributed by atoms with van der Waals surface area (Å²) >= 11 is 1.40. The second kappa shape index (κ2) is 9.05. The fourth-order valence-electron chi connectivity index (χ4n) is 2.56. The Bertz CT molecular complexity index is 929. The van der Waals surface area contributed by atoms with Crippen LogP contribution in [0.1, 0.15) is 16.0 Å². The SMILES string of the molecule is Cc1cccc(OCCOc2cccc(/C=C(\C(=O)O)c3cccs3)c2)c1. The molecule has 0 fully saturated rings. The third-order valence-corrected chi connectivity index (χ3v) is 4.70. The highest BCUT2D eigenvalue weighted by Crippen LogP contribution is 2.24. The molecule has 0 atom stereocenters. The number of carboxylic acid groups (broad SMARTS) is 1. The van der Waals surface area contributed by atoms with Crippen LogP contribution in [0.4, 0.5) is 0 Å². The molecule has 27 heavy (non-hydrogen) atoms. The van der Waals surface area contributed by atoms with E-state index in [-0.39, 0.29) is 5.57 Å². The first kappa shape index (κ1) is 18.7. The Kier molecular flexibility index (Phi) is 6.28. The molecule has 0 aliphatic heterocycles. The van der Waals surface area contributed by atoms with Crippen LogP contribution in [0.3, 0.4) is 0 Å². The van der Waals surface area contributed by atoms with Gasteiger partial charge in [-0.05, 0) is 59.8 Å². The molecule has 0 aliphatic carbocycles. The largest absolute Gasteiger partial charge is 0.490 e. The third kappa shape index (κ3) is 5.46. The number of aliphatic carboxylic acids is 1. The maximum Gasteiger partial charge on any atom is 0.337 e. The van der Waals surface area contributed by atoms with Crippen molar-refractivity contribution in [3.8, 4) is 11.5 Å². The molecule has 3 rings (SSSR count). The predicted molar refractivity (Wildman–Crippen MR) is 108 cm³/mol. The molecule has 0 saturated carbocycles. The van der Waals surface area contributed by atoms with Gasteiger partial charge in [0.15, 0.2) is 0 Å². The molecule has 138 valence electrons. The molecule has 1 heterocycles. The molecular formula is C22H20O4S. The molecule has 0 amide bonds. The fraction of sp³-hybridized carbons (Fsp3) is 0.136. The minimum atomic E-state index is -0.949. The van der Waals surface area contributed by atoms with Crippen LogP contribution in [-0.2, 0) is 4.79 Å². The van der Waals surface area contributed by atoms with Gasteiger partial charge in [-0.2, -0.15) is 0 Å². The van der Waals surface area contributed by atoms with E-state index >= 15 is 0 Å². The van der Waals surface area contributed by atoms with E-state index in [4.69, 9.17) is 9.47 Å². The zero-order chi connectivity index (χ0) is 19.1. The minimum Gasteiger partial charge on any atom is -0.490 e. The van der Waals surface area contributed by atoms with Crippen molar-refractivity contribution < 1.29 is 19.4 Å². The Balaban J connectivity index is 1.61. The van der Waals surface area contributed by atoms with Crippen molar-refractivity contribution in [1.29, 1.82) is 0 Å². The summed E-state index contributed by atoms with van der Waals surface area (Å²) in [5, 5.41) is 11.3. The van der Waals surface area contributed by atoms with Crippen molar-refractivity contribution in [3.05, 3.63) is 82.0 Å². The van der Waals surface area contributed by atoms with Gasteiger partial charge in [-0.15, -0.1) is 11.3 Å². The molecule has 1 N–H and O–H groups in total. The molecule has 0 unspecified atom stereocenters. The lowest BCUT2D eigenvalue weighted by atomic mass is 10.1. The highest BCUT2D eigenvalue weighted by Gasteiger charge is 2.11. The molecule has 0 saturated heterocycles. The number of aryl methyl sites for hydroxylation is 1. The average molecular weight is 380 g/mol. The van der Waals surface area contributed by atoms with Gasteiger partial charge in [0.25, 0.3) is 0 Å². The Morgan fingerprint density at radius 1 is 1.00 bits per heavy atom. The summed E-state index contributed by atoms with van der Waals surface area (Å²) in [5.41, 5.74) is 2.19. The van der Waals surface area contributed by atoms with Crippen LogP contribution >= 0.6 is 11.3 Å². The quantitative estimate of drug-likeness (QED) is 0.434. The highest BCUT2D eigenvalue weighted by atomic mass is 32.1. The molecule has 0 bridgehead atoms. The number of ether oxygens (including phenoxy) is 2. The first-order chi connectivity index (χ1) is 13.1. The smallest absolute Gasteiger partial charge is 0.337 e. The van der Waals surface area contributed by atoms with Crippen molar-refractivity contribution in [2.45, 2.75) is 6.92 Å². The number of rotatable bonds is 8. The van der Waals surface area contributed by atoms with E-state index in [2.05, 4.69) is 0 Å². The minimum absolute atomic E-state index is 0.268. The van der Waals surface area contributed by atoms with E-state index in [1.807, 2.05) is 66.9 Å². The van der Waals surface area contributed by atoms with Gasteiger partial charge in [-0.1, -0.05) is 30.3 Å². The number of hydrogen-bond acceptors (Lipinski definition) is 4. The molecule has 0 radical (unpaired) electrons. The molecule has 1 aromatic heterocycles. The van der Waals surface area contributed by atoms with Gasteiger partial charge in [-0.25, -0.2) is 4.79 Å². The zero-order valence-corrected chi connectivity index (χ0v) is 15.7. The standard InChI is InChI=1S/C22H20O4S/c1-16-5-2-7-18(13-16)25-10-11-26-19-8-3-6-17(14-19)15-20(22(23)24)21-9-4-12-27-21/h2-9,12-15H,10-11H2,1H3,(H,23,24)/b20-15-. The van der Waals surface area contributed by atoms with E-state index < -0.39 is 5.97 Å². The normalized spacial score (nSPS) is 11.2. The van der Waals surface area contributed by atoms with E-state index in [9.17, 15) is 9.90 Å². The number of benzene rings is 2.